The van der Waals surface area contributed by atoms with Gasteiger partial charge in [0.2, 0.25) is 0 Å². The smallest absolute Gasteiger partial charge is 0.411 e. The summed E-state index contributed by atoms with van der Waals surface area (Å²) in [7, 11) is 0. The van der Waals surface area contributed by atoms with Gasteiger partial charge in [0.25, 0.3) is 0 Å². The second kappa shape index (κ2) is 11.1. The summed E-state index contributed by atoms with van der Waals surface area (Å²) in [5.41, 5.74) is -0.196. The molecule has 0 N–H and O–H groups in total. The van der Waals surface area contributed by atoms with E-state index in [4.69, 9.17) is 14.2 Å². The molecule has 3 aromatic rings. The van der Waals surface area contributed by atoms with Crippen molar-refractivity contribution in [3.63, 3.8) is 0 Å². The van der Waals surface area contributed by atoms with E-state index in [2.05, 4.69) is 0 Å². The number of cyclic esters (lactones) is 1. The molecule has 1 heterocycles. The molecule has 3 atom stereocenters. The van der Waals surface area contributed by atoms with Gasteiger partial charge < -0.3 is 14.2 Å². The second-order valence-corrected chi connectivity index (χ2v) is 10.5. The van der Waals surface area contributed by atoms with Crippen LogP contribution in [0.15, 0.2) is 91.0 Å². The Kier molecular flexibility index (Phi) is 7.86. The number of carbonyl (C=O) groups is 3. The van der Waals surface area contributed by atoms with E-state index in [9.17, 15) is 14.4 Å². The van der Waals surface area contributed by atoms with Gasteiger partial charge in [0.05, 0.1) is 6.42 Å². The van der Waals surface area contributed by atoms with Crippen molar-refractivity contribution in [1.82, 2.24) is 4.90 Å². The first-order chi connectivity index (χ1) is 18.1. The van der Waals surface area contributed by atoms with E-state index in [1.807, 2.05) is 91.0 Å². The fourth-order valence-corrected chi connectivity index (χ4v) is 4.63. The molecular formula is C31H33NO6. The van der Waals surface area contributed by atoms with Gasteiger partial charge in [-0.25, -0.2) is 9.59 Å². The van der Waals surface area contributed by atoms with E-state index < -0.39 is 47.7 Å². The van der Waals surface area contributed by atoms with Crippen LogP contribution >= 0.6 is 0 Å². The van der Waals surface area contributed by atoms with Gasteiger partial charge in [-0.3, -0.25) is 9.69 Å². The SMILES string of the molecule is CC(C)(C)OC(=O)C[C@@]1(C)C(=O)O[C@H](c2ccccc2)[C@H](c2ccccc2)N1C(=O)OCc1ccccc1. The van der Waals surface area contributed by atoms with Crippen LogP contribution in [-0.2, 0) is 30.4 Å². The predicted molar refractivity (Wildman–Crippen MR) is 142 cm³/mol. The first-order valence-electron chi connectivity index (χ1n) is 12.6. The van der Waals surface area contributed by atoms with Gasteiger partial charge in [-0.1, -0.05) is 91.0 Å². The maximum Gasteiger partial charge on any atom is 0.411 e. The highest BCUT2D eigenvalue weighted by Gasteiger charge is 2.57. The number of hydrogen-bond acceptors (Lipinski definition) is 6. The molecular weight excluding hydrogens is 482 g/mol. The number of hydrogen-bond donors (Lipinski definition) is 0. The second-order valence-electron chi connectivity index (χ2n) is 10.5. The quantitative estimate of drug-likeness (QED) is 0.289. The van der Waals surface area contributed by atoms with Crippen molar-refractivity contribution in [2.75, 3.05) is 0 Å². The van der Waals surface area contributed by atoms with Gasteiger partial charge in [-0.05, 0) is 44.4 Å². The third-order valence-electron chi connectivity index (χ3n) is 6.35. The molecule has 0 aromatic heterocycles. The van der Waals surface area contributed by atoms with Gasteiger partial charge in [-0.15, -0.1) is 0 Å². The van der Waals surface area contributed by atoms with E-state index in [1.54, 1.807) is 20.8 Å². The van der Waals surface area contributed by atoms with E-state index in [0.717, 1.165) is 16.7 Å². The van der Waals surface area contributed by atoms with E-state index >= 15 is 0 Å². The average Bonchev–Trinajstić information content (AvgIpc) is 2.89. The van der Waals surface area contributed by atoms with Gasteiger partial charge in [-0.2, -0.15) is 0 Å². The summed E-state index contributed by atoms with van der Waals surface area (Å²) >= 11 is 0. The lowest BCUT2D eigenvalue weighted by Gasteiger charge is -2.49. The first-order valence-corrected chi connectivity index (χ1v) is 12.6. The van der Waals surface area contributed by atoms with Crippen LogP contribution < -0.4 is 0 Å². The number of esters is 2. The van der Waals surface area contributed by atoms with Crippen LogP contribution in [0.2, 0.25) is 0 Å². The van der Waals surface area contributed by atoms with Crippen LogP contribution in [0.4, 0.5) is 4.79 Å². The first kappa shape index (κ1) is 26.9. The maximum absolute atomic E-state index is 13.9. The highest BCUT2D eigenvalue weighted by molar-refractivity contribution is 5.91. The zero-order valence-corrected chi connectivity index (χ0v) is 22.1. The van der Waals surface area contributed by atoms with Crippen LogP contribution in [0.25, 0.3) is 0 Å². The molecule has 0 unspecified atom stereocenters. The number of ether oxygens (including phenoxy) is 3. The Labute approximate surface area is 223 Å². The Hall–Kier alpha value is -4.13. The largest absolute Gasteiger partial charge is 0.460 e. The Morgan fingerprint density at radius 3 is 1.95 bits per heavy atom. The molecule has 198 valence electrons. The minimum absolute atomic E-state index is 0.00521. The maximum atomic E-state index is 13.9. The van der Waals surface area contributed by atoms with Crippen LogP contribution in [0.3, 0.4) is 0 Å². The zero-order chi connectivity index (χ0) is 27.3. The number of amides is 1. The summed E-state index contributed by atoms with van der Waals surface area (Å²) in [6, 6.07) is 27.1. The molecule has 4 rings (SSSR count). The molecule has 7 heteroatoms. The van der Waals surface area contributed by atoms with Crippen molar-refractivity contribution in [2.45, 2.75) is 64.0 Å². The molecule has 1 amide bonds. The van der Waals surface area contributed by atoms with Gasteiger partial charge in [0, 0.05) is 0 Å². The molecule has 38 heavy (non-hydrogen) atoms. The molecule has 1 fully saturated rings. The Morgan fingerprint density at radius 1 is 0.868 bits per heavy atom. The Bertz CT molecular complexity index is 1260. The molecule has 7 nitrogen and oxygen atoms in total. The lowest BCUT2D eigenvalue weighted by Crippen LogP contribution is -2.63. The summed E-state index contributed by atoms with van der Waals surface area (Å²) in [6.45, 7) is 6.77. The van der Waals surface area contributed by atoms with Gasteiger partial charge >= 0.3 is 18.0 Å². The zero-order valence-electron chi connectivity index (χ0n) is 22.1. The average molecular weight is 516 g/mol. The van der Waals surface area contributed by atoms with Crippen LogP contribution in [0.1, 0.15) is 63.0 Å². The summed E-state index contributed by atoms with van der Waals surface area (Å²) in [6.07, 6.45) is -1.94. The summed E-state index contributed by atoms with van der Waals surface area (Å²) < 4.78 is 17.3. The van der Waals surface area contributed by atoms with Gasteiger partial charge in [0.1, 0.15) is 18.2 Å². The number of rotatable bonds is 6. The molecule has 0 spiro atoms. The number of morpholine rings is 1. The van der Waals surface area contributed by atoms with Crippen molar-refractivity contribution < 1.29 is 28.6 Å². The number of benzene rings is 3. The number of nitrogens with zero attached hydrogens (tertiary/aromatic N) is 1. The van der Waals surface area contributed by atoms with Crippen molar-refractivity contribution in [1.29, 1.82) is 0 Å². The van der Waals surface area contributed by atoms with E-state index in [-0.39, 0.29) is 6.61 Å². The van der Waals surface area contributed by atoms with Crippen molar-refractivity contribution in [3.05, 3.63) is 108 Å². The standard InChI is InChI=1S/C31H33NO6/c1-30(2,3)38-25(33)20-31(4)28(34)37-27(24-18-12-7-13-19-24)26(23-16-10-6-11-17-23)32(31)29(35)36-21-22-14-8-5-9-15-22/h5-19,26-27H,20-21H2,1-4H3/t26-,27+,31-/m0/s1. The molecule has 1 saturated heterocycles. The van der Waals surface area contributed by atoms with Crippen LogP contribution in [0, 0.1) is 0 Å². The predicted octanol–water partition coefficient (Wildman–Crippen LogP) is 6.16. The molecule has 1 aliphatic rings. The normalized spacial score (nSPS) is 21.4. The van der Waals surface area contributed by atoms with Crippen molar-refractivity contribution in [3.8, 4) is 0 Å². The van der Waals surface area contributed by atoms with E-state index in [0.29, 0.717) is 0 Å². The molecule has 0 aliphatic carbocycles. The van der Waals surface area contributed by atoms with E-state index in [1.165, 1.54) is 11.8 Å². The molecule has 0 saturated carbocycles. The Balaban J connectivity index is 1.79. The number of carbonyl (C=O) groups excluding carboxylic acids is 3. The molecule has 0 radical (unpaired) electrons. The highest BCUT2D eigenvalue weighted by Crippen LogP contribution is 2.47. The monoisotopic (exact) mass is 515 g/mol. The molecule has 1 aliphatic heterocycles. The third-order valence-corrected chi connectivity index (χ3v) is 6.35. The highest BCUT2D eigenvalue weighted by atomic mass is 16.6. The third kappa shape index (κ3) is 6.05. The fourth-order valence-electron chi connectivity index (χ4n) is 4.63. The van der Waals surface area contributed by atoms with Crippen molar-refractivity contribution >= 4 is 18.0 Å². The summed E-state index contributed by atoms with van der Waals surface area (Å²) in [4.78, 5) is 42.0. The Morgan fingerprint density at radius 2 is 1.39 bits per heavy atom. The van der Waals surface area contributed by atoms with Gasteiger partial charge in [0.15, 0.2) is 11.6 Å². The summed E-state index contributed by atoms with van der Waals surface area (Å²) in [5.74, 6) is -1.33. The van der Waals surface area contributed by atoms with Crippen LogP contribution in [-0.4, -0.2) is 34.1 Å². The van der Waals surface area contributed by atoms with Crippen molar-refractivity contribution in [2.24, 2.45) is 0 Å². The topological polar surface area (TPSA) is 82.1 Å². The molecule has 3 aromatic carbocycles. The van der Waals surface area contributed by atoms with Crippen LogP contribution in [0.5, 0.6) is 0 Å². The fraction of sp³-hybridized carbons (Fsp3) is 0.323. The summed E-state index contributed by atoms with van der Waals surface area (Å²) in [5, 5.41) is 0. The molecule has 0 bridgehead atoms. The minimum atomic E-state index is -1.68. The lowest BCUT2D eigenvalue weighted by atomic mass is 9.85. The minimum Gasteiger partial charge on any atom is -0.460 e. The lowest BCUT2D eigenvalue weighted by molar-refractivity contribution is -0.190.